The van der Waals surface area contributed by atoms with Crippen LogP contribution in [0.2, 0.25) is 0 Å². The van der Waals surface area contributed by atoms with E-state index in [0.717, 1.165) is 31.9 Å². The van der Waals surface area contributed by atoms with Crippen LogP contribution in [0.5, 0.6) is 0 Å². The predicted octanol–water partition coefficient (Wildman–Crippen LogP) is 2.60. The highest BCUT2D eigenvalue weighted by atomic mass is 16.3. The first-order valence-corrected chi connectivity index (χ1v) is 6.82. The SMILES string of the molecule is CC1(c2ccccc2)CN(Cc2ccco2)CCN1. The summed E-state index contributed by atoms with van der Waals surface area (Å²) in [4.78, 5) is 2.45. The Balaban J connectivity index is 1.74. The largest absolute Gasteiger partial charge is 0.468 e. The molecule has 100 valence electrons. The molecule has 1 aromatic carbocycles. The zero-order valence-corrected chi connectivity index (χ0v) is 11.3. The van der Waals surface area contributed by atoms with Crippen molar-refractivity contribution in [2.75, 3.05) is 19.6 Å². The Kier molecular flexibility index (Phi) is 3.40. The summed E-state index contributed by atoms with van der Waals surface area (Å²) in [6, 6.07) is 14.7. The number of hydrogen-bond donors (Lipinski definition) is 1. The van der Waals surface area contributed by atoms with Gasteiger partial charge in [-0.2, -0.15) is 0 Å². The van der Waals surface area contributed by atoms with Crippen molar-refractivity contribution in [1.82, 2.24) is 10.2 Å². The molecule has 1 atom stereocenters. The van der Waals surface area contributed by atoms with Crippen molar-refractivity contribution in [2.45, 2.75) is 19.0 Å². The first-order chi connectivity index (χ1) is 9.26. The summed E-state index contributed by atoms with van der Waals surface area (Å²) >= 11 is 0. The lowest BCUT2D eigenvalue weighted by Gasteiger charge is -2.41. The standard InChI is InChI=1S/C16H20N2O/c1-16(14-6-3-2-4-7-14)13-18(10-9-17-16)12-15-8-5-11-19-15/h2-8,11,17H,9-10,12-13H2,1H3. The third-order valence-electron chi connectivity index (χ3n) is 3.85. The molecule has 2 heterocycles. The third-order valence-corrected chi connectivity index (χ3v) is 3.85. The molecule has 1 fully saturated rings. The van der Waals surface area contributed by atoms with Crippen LogP contribution in [0.3, 0.4) is 0 Å². The van der Waals surface area contributed by atoms with E-state index in [1.165, 1.54) is 5.56 Å². The number of nitrogens with one attached hydrogen (secondary N) is 1. The summed E-state index contributed by atoms with van der Waals surface area (Å²) in [5.41, 5.74) is 1.37. The maximum Gasteiger partial charge on any atom is 0.117 e. The minimum atomic E-state index is 0.0199. The molecule has 1 aliphatic rings. The van der Waals surface area contributed by atoms with E-state index in [0.29, 0.717) is 0 Å². The summed E-state index contributed by atoms with van der Waals surface area (Å²) in [6.45, 7) is 6.22. The fraction of sp³-hybridized carbons (Fsp3) is 0.375. The van der Waals surface area contributed by atoms with Crippen LogP contribution in [-0.2, 0) is 12.1 Å². The first-order valence-electron chi connectivity index (χ1n) is 6.82. The quantitative estimate of drug-likeness (QED) is 0.915. The fourth-order valence-corrected chi connectivity index (χ4v) is 2.83. The van der Waals surface area contributed by atoms with Gasteiger partial charge in [0, 0.05) is 19.6 Å². The minimum absolute atomic E-state index is 0.0199. The molecule has 1 saturated heterocycles. The molecule has 0 bridgehead atoms. The van der Waals surface area contributed by atoms with E-state index in [-0.39, 0.29) is 5.54 Å². The van der Waals surface area contributed by atoms with E-state index < -0.39 is 0 Å². The molecule has 0 saturated carbocycles. The Bertz CT molecular complexity index is 509. The van der Waals surface area contributed by atoms with Gasteiger partial charge in [-0.05, 0) is 24.6 Å². The lowest BCUT2D eigenvalue weighted by atomic mass is 9.89. The van der Waals surface area contributed by atoms with E-state index >= 15 is 0 Å². The summed E-state index contributed by atoms with van der Waals surface area (Å²) in [5, 5.41) is 3.65. The van der Waals surface area contributed by atoms with Crippen molar-refractivity contribution >= 4 is 0 Å². The highest BCUT2D eigenvalue weighted by Crippen LogP contribution is 2.25. The molecule has 1 unspecified atom stereocenters. The number of furan rings is 1. The number of rotatable bonds is 3. The Morgan fingerprint density at radius 3 is 2.79 bits per heavy atom. The Labute approximate surface area is 114 Å². The number of piperazine rings is 1. The van der Waals surface area contributed by atoms with Crippen LogP contribution in [-0.4, -0.2) is 24.5 Å². The highest BCUT2D eigenvalue weighted by Gasteiger charge is 2.32. The smallest absolute Gasteiger partial charge is 0.117 e. The second kappa shape index (κ2) is 5.19. The molecule has 1 N–H and O–H groups in total. The zero-order chi connectivity index (χ0) is 13.1. The Morgan fingerprint density at radius 1 is 1.21 bits per heavy atom. The van der Waals surface area contributed by atoms with Crippen LogP contribution in [0.15, 0.2) is 53.1 Å². The van der Waals surface area contributed by atoms with Crippen LogP contribution in [0.25, 0.3) is 0 Å². The van der Waals surface area contributed by atoms with E-state index in [2.05, 4.69) is 47.5 Å². The Hall–Kier alpha value is -1.58. The number of nitrogens with zero attached hydrogens (tertiary/aromatic N) is 1. The minimum Gasteiger partial charge on any atom is -0.468 e. The van der Waals surface area contributed by atoms with Crippen molar-refractivity contribution < 1.29 is 4.42 Å². The molecule has 3 rings (SSSR count). The van der Waals surface area contributed by atoms with Gasteiger partial charge in [-0.15, -0.1) is 0 Å². The molecule has 3 nitrogen and oxygen atoms in total. The van der Waals surface area contributed by atoms with Crippen molar-refractivity contribution in [3.8, 4) is 0 Å². The highest BCUT2D eigenvalue weighted by molar-refractivity contribution is 5.25. The summed E-state index contributed by atoms with van der Waals surface area (Å²) in [6.07, 6.45) is 1.74. The Morgan fingerprint density at radius 2 is 2.05 bits per heavy atom. The van der Waals surface area contributed by atoms with E-state index in [1.807, 2.05) is 12.1 Å². The fourth-order valence-electron chi connectivity index (χ4n) is 2.83. The molecule has 0 spiro atoms. The van der Waals surface area contributed by atoms with Gasteiger partial charge in [-0.1, -0.05) is 30.3 Å². The normalized spacial score (nSPS) is 24.5. The van der Waals surface area contributed by atoms with Crippen molar-refractivity contribution in [3.63, 3.8) is 0 Å². The van der Waals surface area contributed by atoms with Crippen molar-refractivity contribution in [2.24, 2.45) is 0 Å². The van der Waals surface area contributed by atoms with Gasteiger partial charge < -0.3 is 9.73 Å². The van der Waals surface area contributed by atoms with Gasteiger partial charge in [0.05, 0.1) is 18.3 Å². The van der Waals surface area contributed by atoms with Gasteiger partial charge >= 0.3 is 0 Å². The van der Waals surface area contributed by atoms with Gasteiger partial charge in [0.1, 0.15) is 5.76 Å². The van der Waals surface area contributed by atoms with Crippen LogP contribution >= 0.6 is 0 Å². The summed E-state index contributed by atoms with van der Waals surface area (Å²) in [7, 11) is 0. The second-order valence-electron chi connectivity index (χ2n) is 5.41. The number of benzene rings is 1. The second-order valence-corrected chi connectivity index (χ2v) is 5.41. The average molecular weight is 256 g/mol. The van der Waals surface area contributed by atoms with E-state index in [4.69, 9.17) is 4.42 Å². The lowest BCUT2D eigenvalue weighted by molar-refractivity contribution is 0.128. The van der Waals surface area contributed by atoms with Crippen molar-refractivity contribution in [1.29, 1.82) is 0 Å². The summed E-state index contributed by atoms with van der Waals surface area (Å²) < 4.78 is 5.45. The van der Waals surface area contributed by atoms with Gasteiger partial charge in [-0.25, -0.2) is 0 Å². The molecule has 19 heavy (non-hydrogen) atoms. The molecular weight excluding hydrogens is 236 g/mol. The molecule has 0 aliphatic carbocycles. The lowest BCUT2D eigenvalue weighted by Crippen LogP contribution is -2.56. The molecule has 0 amide bonds. The molecular formula is C16H20N2O. The zero-order valence-electron chi connectivity index (χ0n) is 11.3. The maximum atomic E-state index is 5.45. The van der Waals surface area contributed by atoms with Crippen LogP contribution in [0.4, 0.5) is 0 Å². The van der Waals surface area contributed by atoms with Crippen LogP contribution in [0.1, 0.15) is 18.2 Å². The average Bonchev–Trinajstić information content (AvgIpc) is 2.93. The first kappa shape index (κ1) is 12.5. The number of hydrogen-bond acceptors (Lipinski definition) is 3. The maximum absolute atomic E-state index is 5.45. The summed E-state index contributed by atoms with van der Waals surface area (Å²) in [5.74, 6) is 1.04. The van der Waals surface area contributed by atoms with Crippen LogP contribution in [0, 0.1) is 0 Å². The van der Waals surface area contributed by atoms with Gasteiger partial charge in [-0.3, -0.25) is 4.90 Å². The van der Waals surface area contributed by atoms with Gasteiger partial charge in [0.25, 0.3) is 0 Å². The third kappa shape index (κ3) is 2.72. The topological polar surface area (TPSA) is 28.4 Å². The molecule has 1 aliphatic heterocycles. The molecule has 1 aromatic heterocycles. The van der Waals surface area contributed by atoms with Gasteiger partial charge in [0.15, 0.2) is 0 Å². The van der Waals surface area contributed by atoms with E-state index in [1.54, 1.807) is 6.26 Å². The predicted molar refractivity (Wildman–Crippen MR) is 75.8 cm³/mol. The van der Waals surface area contributed by atoms with Crippen molar-refractivity contribution in [3.05, 3.63) is 60.1 Å². The van der Waals surface area contributed by atoms with E-state index in [9.17, 15) is 0 Å². The van der Waals surface area contributed by atoms with Crippen LogP contribution < -0.4 is 5.32 Å². The molecule has 2 aromatic rings. The van der Waals surface area contributed by atoms with Gasteiger partial charge in [0.2, 0.25) is 0 Å². The molecule has 0 radical (unpaired) electrons. The molecule has 3 heteroatoms. The monoisotopic (exact) mass is 256 g/mol.